The number of carbonyl (C=O) groups is 2. The Kier molecular flexibility index (Phi) is 9.62. The van der Waals surface area contributed by atoms with Crippen LogP contribution in [0.15, 0.2) is 54.3 Å². The van der Waals surface area contributed by atoms with E-state index >= 15 is 0 Å². The number of carbonyl (C=O) groups excluding carboxylic acids is 1. The molecule has 2 amide bonds. The van der Waals surface area contributed by atoms with Gasteiger partial charge in [0.05, 0.1) is 7.11 Å². The molecule has 0 atom stereocenters. The lowest BCUT2D eigenvalue weighted by atomic mass is 10.0. The zero-order chi connectivity index (χ0) is 22.6. The lowest BCUT2D eigenvalue weighted by Gasteiger charge is -2.19. The number of unbranched alkanes of at least 4 members (excludes halogenated alkanes) is 4. The Morgan fingerprint density at radius 1 is 1.03 bits per heavy atom. The number of ether oxygens (including phenoxy) is 1. The van der Waals surface area contributed by atoms with E-state index in [0.29, 0.717) is 6.54 Å². The first kappa shape index (κ1) is 24.0. The van der Waals surface area contributed by atoms with Crippen molar-refractivity contribution in [2.75, 3.05) is 25.6 Å². The summed E-state index contributed by atoms with van der Waals surface area (Å²) in [6.45, 7) is 2.87. The van der Waals surface area contributed by atoms with Gasteiger partial charge in [0.2, 0.25) is 5.76 Å². The summed E-state index contributed by atoms with van der Waals surface area (Å²) >= 11 is 0. The van der Waals surface area contributed by atoms with Crippen molar-refractivity contribution in [3.8, 4) is 11.1 Å². The van der Waals surface area contributed by atoms with Gasteiger partial charge < -0.3 is 15.2 Å². The van der Waals surface area contributed by atoms with Gasteiger partial charge in [-0.05, 0) is 41.3 Å². The maximum Gasteiger partial charge on any atom is 0.371 e. The Labute approximate surface area is 184 Å². The molecule has 6 nitrogen and oxygen atoms in total. The molecule has 0 aliphatic rings. The van der Waals surface area contributed by atoms with Crippen LogP contribution in [0, 0.1) is 0 Å². The first-order valence-corrected chi connectivity index (χ1v) is 10.7. The van der Waals surface area contributed by atoms with E-state index in [2.05, 4.69) is 12.2 Å². The first-order valence-electron chi connectivity index (χ1n) is 10.7. The molecule has 0 radical (unpaired) electrons. The number of benzene rings is 2. The third-order valence-electron chi connectivity index (χ3n) is 5.07. The van der Waals surface area contributed by atoms with E-state index in [1.165, 1.54) is 32.4 Å². The summed E-state index contributed by atoms with van der Waals surface area (Å²) in [6, 6.07) is 15.1. The highest BCUT2D eigenvalue weighted by Crippen LogP contribution is 2.25. The number of carboxylic acid groups (broad SMARTS) is 1. The third-order valence-corrected chi connectivity index (χ3v) is 5.07. The van der Waals surface area contributed by atoms with Crippen LogP contribution >= 0.6 is 0 Å². The number of hydrogen-bond donors (Lipinski definition) is 2. The van der Waals surface area contributed by atoms with E-state index in [1.807, 2.05) is 48.5 Å². The van der Waals surface area contributed by atoms with Crippen LogP contribution in [0.25, 0.3) is 17.2 Å². The van der Waals surface area contributed by atoms with E-state index in [9.17, 15) is 9.59 Å². The van der Waals surface area contributed by atoms with Crippen LogP contribution < -0.4 is 10.2 Å². The molecule has 2 aromatic carbocycles. The van der Waals surface area contributed by atoms with E-state index in [-0.39, 0.29) is 11.8 Å². The lowest BCUT2D eigenvalue weighted by Crippen LogP contribution is -2.37. The van der Waals surface area contributed by atoms with Gasteiger partial charge in [0.25, 0.3) is 0 Å². The minimum absolute atomic E-state index is 0.117. The zero-order valence-corrected chi connectivity index (χ0v) is 18.6. The summed E-state index contributed by atoms with van der Waals surface area (Å²) in [4.78, 5) is 25.1. The van der Waals surface area contributed by atoms with Crippen LogP contribution in [-0.4, -0.2) is 37.8 Å². The Morgan fingerprint density at radius 3 is 2.39 bits per heavy atom. The van der Waals surface area contributed by atoms with Crippen molar-refractivity contribution in [3.63, 3.8) is 0 Å². The number of urea groups is 1. The number of amides is 2. The van der Waals surface area contributed by atoms with Crippen molar-refractivity contribution in [3.05, 3.63) is 59.9 Å². The lowest BCUT2D eigenvalue weighted by molar-refractivity contribution is -0.135. The highest BCUT2D eigenvalue weighted by atomic mass is 16.5. The molecular weight excluding hydrogens is 392 g/mol. The molecule has 0 aromatic heterocycles. The van der Waals surface area contributed by atoms with Gasteiger partial charge in [-0.1, -0.05) is 69.0 Å². The van der Waals surface area contributed by atoms with Gasteiger partial charge in [-0.3, -0.25) is 4.90 Å². The summed E-state index contributed by atoms with van der Waals surface area (Å²) in [5.41, 5.74) is 3.47. The molecule has 2 N–H and O–H groups in total. The summed E-state index contributed by atoms with van der Waals surface area (Å²) < 4.78 is 4.87. The maximum atomic E-state index is 12.5. The van der Waals surface area contributed by atoms with Crippen LogP contribution in [0.3, 0.4) is 0 Å². The monoisotopic (exact) mass is 424 g/mol. The summed E-state index contributed by atoms with van der Waals surface area (Å²) in [7, 11) is 3.09. The second-order valence-electron chi connectivity index (χ2n) is 7.40. The first-order chi connectivity index (χ1) is 15.0. The minimum Gasteiger partial charge on any atom is -0.490 e. The normalized spacial score (nSPS) is 11.1. The molecule has 0 aliphatic carbocycles. The van der Waals surface area contributed by atoms with Gasteiger partial charge in [0.1, 0.15) is 0 Å². The highest BCUT2D eigenvalue weighted by Gasteiger charge is 2.11. The van der Waals surface area contributed by atoms with Crippen molar-refractivity contribution in [1.82, 2.24) is 5.32 Å². The molecular formula is C25H32N2O4. The molecule has 0 spiro atoms. The number of carboxylic acids is 1. The zero-order valence-electron chi connectivity index (χ0n) is 18.6. The molecule has 2 rings (SSSR count). The van der Waals surface area contributed by atoms with Crippen molar-refractivity contribution < 1.29 is 19.4 Å². The average Bonchev–Trinajstić information content (AvgIpc) is 2.79. The Hall–Kier alpha value is -3.28. The molecule has 166 valence electrons. The third kappa shape index (κ3) is 7.48. The number of methoxy groups -OCH3 is 1. The number of rotatable bonds is 11. The highest BCUT2D eigenvalue weighted by molar-refractivity contribution is 5.92. The number of nitrogens with one attached hydrogen (secondary N) is 1. The second-order valence-corrected chi connectivity index (χ2v) is 7.40. The summed E-state index contributed by atoms with van der Waals surface area (Å²) in [6.07, 6.45) is 7.27. The SMILES string of the molecule is CCCCCCCNC(=O)N(C)c1cccc(-c2ccc(C=C(OC)C(=O)O)cc2)c1. The molecule has 0 saturated heterocycles. The largest absolute Gasteiger partial charge is 0.490 e. The fraction of sp³-hybridized carbons (Fsp3) is 0.360. The molecule has 0 aliphatic heterocycles. The number of nitrogens with zero attached hydrogens (tertiary/aromatic N) is 1. The van der Waals surface area contributed by atoms with Gasteiger partial charge in [0.15, 0.2) is 0 Å². The predicted octanol–water partition coefficient (Wildman–Crippen LogP) is 5.54. The summed E-state index contributed by atoms with van der Waals surface area (Å²) in [5, 5.41) is 12.0. The van der Waals surface area contributed by atoms with Crippen molar-refractivity contribution in [2.45, 2.75) is 39.0 Å². The van der Waals surface area contributed by atoms with Gasteiger partial charge in [-0.15, -0.1) is 0 Å². The van der Waals surface area contributed by atoms with Crippen molar-refractivity contribution in [2.24, 2.45) is 0 Å². The van der Waals surface area contributed by atoms with Gasteiger partial charge in [-0.25, -0.2) is 9.59 Å². The fourth-order valence-electron chi connectivity index (χ4n) is 3.18. The molecule has 0 heterocycles. The van der Waals surface area contributed by atoms with Crippen LogP contribution in [0.1, 0.15) is 44.6 Å². The smallest absolute Gasteiger partial charge is 0.371 e. The maximum absolute atomic E-state index is 12.5. The Bertz CT molecular complexity index is 891. The Balaban J connectivity index is 2.02. The topological polar surface area (TPSA) is 78.9 Å². The van der Waals surface area contributed by atoms with Gasteiger partial charge >= 0.3 is 12.0 Å². The summed E-state index contributed by atoms with van der Waals surface area (Å²) in [5.74, 6) is -1.23. The number of aliphatic carboxylic acids is 1. The minimum atomic E-state index is -1.11. The van der Waals surface area contributed by atoms with Crippen LogP contribution in [0.2, 0.25) is 0 Å². The fourth-order valence-corrected chi connectivity index (χ4v) is 3.18. The standard InChI is InChI=1S/C25H32N2O4/c1-4-5-6-7-8-16-26-25(30)27(2)22-11-9-10-21(18-22)20-14-12-19(13-15-20)17-23(31-3)24(28)29/h9-15,17-18H,4-8,16H2,1-3H3,(H,26,30)(H,28,29). The van der Waals surface area contributed by atoms with E-state index in [1.54, 1.807) is 11.9 Å². The number of hydrogen-bond acceptors (Lipinski definition) is 3. The molecule has 0 unspecified atom stereocenters. The van der Waals surface area contributed by atoms with Gasteiger partial charge in [-0.2, -0.15) is 0 Å². The van der Waals surface area contributed by atoms with E-state index < -0.39 is 5.97 Å². The average molecular weight is 425 g/mol. The molecule has 0 saturated carbocycles. The quantitative estimate of drug-likeness (QED) is 0.282. The van der Waals surface area contributed by atoms with Gasteiger partial charge in [0, 0.05) is 19.3 Å². The van der Waals surface area contributed by atoms with E-state index in [0.717, 1.165) is 35.2 Å². The molecule has 31 heavy (non-hydrogen) atoms. The van der Waals surface area contributed by atoms with E-state index in [4.69, 9.17) is 9.84 Å². The van der Waals surface area contributed by atoms with Crippen LogP contribution in [-0.2, 0) is 9.53 Å². The van der Waals surface area contributed by atoms with Crippen molar-refractivity contribution in [1.29, 1.82) is 0 Å². The molecule has 2 aromatic rings. The molecule has 0 bridgehead atoms. The predicted molar refractivity (Wildman–Crippen MR) is 125 cm³/mol. The Morgan fingerprint density at radius 2 is 1.74 bits per heavy atom. The second kappa shape index (κ2) is 12.4. The molecule has 0 fully saturated rings. The van der Waals surface area contributed by atoms with Crippen LogP contribution in [0.4, 0.5) is 10.5 Å². The number of anilines is 1. The van der Waals surface area contributed by atoms with Crippen molar-refractivity contribution >= 4 is 23.8 Å². The van der Waals surface area contributed by atoms with Crippen LogP contribution in [0.5, 0.6) is 0 Å². The molecule has 6 heteroatoms.